The molecule has 1 N–H and O–H groups in total. The third kappa shape index (κ3) is 2.80. The number of anilines is 1. The fraction of sp³-hybridized carbons (Fsp3) is 0.143. The summed E-state index contributed by atoms with van der Waals surface area (Å²) in [7, 11) is 1.69. The Hall–Kier alpha value is -3.34. The van der Waals surface area contributed by atoms with E-state index in [1.165, 1.54) is 39.4 Å². The molecule has 0 aliphatic heterocycles. The summed E-state index contributed by atoms with van der Waals surface area (Å²) in [6.45, 7) is -0.188. The molecule has 0 aliphatic carbocycles. The third-order valence-corrected chi connectivity index (χ3v) is 4.29. The van der Waals surface area contributed by atoms with E-state index in [0.29, 0.717) is 26.9 Å². The summed E-state index contributed by atoms with van der Waals surface area (Å²) in [6.07, 6.45) is 4.28. The largest absolute Gasteiger partial charge is 0.462 e. The van der Waals surface area contributed by atoms with Gasteiger partial charge in [0.1, 0.15) is 18.3 Å². The molecular weight excluding hydrogens is 346 g/mol. The van der Waals surface area contributed by atoms with Crippen LogP contribution in [-0.2, 0) is 18.4 Å². The van der Waals surface area contributed by atoms with E-state index >= 15 is 0 Å². The van der Waals surface area contributed by atoms with Gasteiger partial charge in [-0.15, -0.1) is 10.2 Å². The van der Waals surface area contributed by atoms with Gasteiger partial charge in [-0.3, -0.25) is 24.2 Å². The van der Waals surface area contributed by atoms with Crippen molar-refractivity contribution in [3.63, 3.8) is 0 Å². The number of aryl methyl sites for hydroxylation is 1. The average Bonchev–Trinajstić information content (AvgIpc) is 3.31. The topological polar surface area (TPSA) is 121 Å². The molecule has 0 atom stereocenters. The highest BCUT2D eigenvalue weighted by Crippen LogP contribution is 2.26. The molecule has 0 spiro atoms. The number of nitrogens with zero attached hydrogens (tertiary/aromatic N) is 6. The van der Waals surface area contributed by atoms with E-state index < -0.39 is 5.91 Å². The number of amides is 1. The summed E-state index contributed by atoms with van der Waals surface area (Å²) in [4.78, 5) is 28.7. The molecule has 4 rings (SSSR count). The van der Waals surface area contributed by atoms with Gasteiger partial charge in [0.15, 0.2) is 16.4 Å². The zero-order valence-corrected chi connectivity index (χ0v) is 13.7. The van der Waals surface area contributed by atoms with Gasteiger partial charge in [0.2, 0.25) is 11.0 Å². The third-order valence-electron chi connectivity index (χ3n) is 3.44. The molecule has 0 fully saturated rings. The molecule has 0 radical (unpaired) electrons. The molecule has 0 bridgehead atoms. The van der Waals surface area contributed by atoms with Gasteiger partial charge in [0, 0.05) is 7.05 Å². The molecule has 4 aromatic heterocycles. The van der Waals surface area contributed by atoms with Crippen molar-refractivity contribution in [2.75, 3.05) is 5.32 Å². The van der Waals surface area contributed by atoms with E-state index in [1.807, 2.05) is 0 Å². The number of rotatable bonds is 4. The lowest BCUT2D eigenvalue weighted by atomic mass is 10.4. The molecular formula is C14H11N7O3S. The minimum absolute atomic E-state index is 0.188. The van der Waals surface area contributed by atoms with Crippen LogP contribution >= 0.6 is 11.3 Å². The number of aromatic nitrogens is 6. The molecule has 1 amide bonds. The number of hydrogen-bond donors (Lipinski definition) is 1. The zero-order valence-electron chi connectivity index (χ0n) is 12.9. The van der Waals surface area contributed by atoms with Crippen molar-refractivity contribution < 1.29 is 9.21 Å². The number of nitrogens with one attached hydrogen (secondary N) is 1. The first-order valence-corrected chi connectivity index (χ1v) is 7.98. The minimum atomic E-state index is -0.408. The molecule has 4 heterocycles. The van der Waals surface area contributed by atoms with Gasteiger partial charge in [-0.25, -0.2) is 4.98 Å². The van der Waals surface area contributed by atoms with Gasteiger partial charge in [-0.05, 0) is 12.1 Å². The predicted octanol–water partition coefficient (Wildman–Crippen LogP) is 0.880. The van der Waals surface area contributed by atoms with E-state index in [-0.39, 0.29) is 12.1 Å². The Bertz CT molecular complexity index is 1110. The molecule has 25 heavy (non-hydrogen) atoms. The Labute approximate surface area is 143 Å². The van der Waals surface area contributed by atoms with Crippen LogP contribution in [0.1, 0.15) is 0 Å². The summed E-state index contributed by atoms with van der Waals surface area (Å²) in [5, 5.41) is 15.7. The molecule has 0 saturated heterocycles. The first-order valence-electron chi connectivity index (χ1n) is 7.16. The number of carbonyl (C=O) groups excluding carboxylic acids is 1. The first kappa shape index (κ1) is 15.2. The second kappa shape index (κ2) is 5.94. The fourth-order valence-corrected chi connectivity index (χ4v) is 2.99. The number of furan rings is 1. The summed E-state index contributed by atoms with van der Waals surface area (Å²) >= 11 is 1.18. The predicted molar refractivity (Wildman–Crippen MR) is 89.0 cm³/mol. The standard InChI is InChI=1S/C14H11N7O3S/c1-20-11-8(5-16-20)13(23)21(7-15-11)6-10(22)17-14-19-18-12(25-14)9-3-2-4-24-9/h2-5,7H,6H2,1H3,(H,17,19,22). The Morgan fingerprint density at radius 3 is 3.08 bits per heavy atom. The van der Waals surface area contributed by atoms with Crippen LogP contribution in [0.25, 0.3) is 21.8 Å². The van der Waals surface area contributed by atoms with Gasteiger partial charge in [0.25, 0.3) is 5.56 Å². The van der Waals surface area contributed by atoms with E-state index in [2.05, 4.69) is 25.6 Å². The van der Waals surface area contributed by atoms with Crippen molar-refractivity contribution >= 4 is 33.4 Å². The zero-order chi connectivity index (χ0) is 17.4. The van der Waals surface area contributed by atoms with Gasteiger partial charge in [-0.1, -0.05) is 11.3 Å². The quantitative estimate of drug-likeness (QED) is 0.575. The molecule has 126 valence electrons. The van der Waals surface area contributed by atoms with Gasteiger partial charge in [0.05, 0.1) is 12.5 Å². The van der Waals surface area contributed by atoms with Crippen LogP contribution in [0.4, 0.5) is 5.13 Å². The maximum absolute atomic E-state index is 12.3. The van der Waals surface area contributed by atoms with Crippen LogP contribution in [0, 0.1) is 0 Å². The summed E-state index contributed by atoms with van der Waals surface area (Å²) in [5.74, 6) is 0.162. The van der Waals surface area contributed by atoms with Crippen molar-refractivity contribution in [1.29, 1.82) is 0 Å². The lowest BCUT2D eigenvalue weighted by molar-refractivity contribution is -0.116. The SMILES string of the molecule is Cn1ncc2c(=O)n(CC(=O)Nc3nnc(-c4ccco4)s3)cnc21. The van der Waals surface area contributed by atoms with Crippen molar-refractivity contribution in [2.24, 2.45) is 7.05 Å². The maximum atomic E-state index is 12.3. The average molecular weight is 357 g/mol. The van der Waals surface area contributed by atoms with E-state index in [9.17, 15) is 9.59 Å². The van der Waals surface area contributed by atoms with Crippen LogP contribution in [0.3, 0.4) is 0 Å². The number of fused-ring (bicyclic) bond motifs is 1. The van der Waals surface area contributed by atoms with E-state index in [4.69, 9.17) is 4.42 Å². The molecule has 4 aromatic rings. The molecule has 0 aliphatic rings. The lowest BCUT2D eigenvalue weighted by Crippen LogP contribution is -2.27. The van der Waals surface area contributed by atoms with Gasteiger partial charge in [-0.2, -0.15) is 5.10 Å². The Kier molecular flexibility index (Phi) is 3.61. The van der Waals surface area contributed by atoms with Gasteiger partial charge >= 0.3 is 0 Å². The molecule has 0 aromatic carbocycles. The first-order chi connectivity index (χ1) is 12.1. The summed E-state index contributed by atoms with van der Waals surface area (Å²) in [6, 6.07) is 3.49. The van der Waals surface area contributed by atoms with Crippen LogP contribution < -0.4 is 10.9 Å². The monoisotopic (exact) mass is 357 g/mol. The Balaban J connectivity index is 1.51. The second-order valence-electron chi connectivity index (χ2n) is 5.12. The molecule has 0 saturated carbocycles. The van der Waals surface area contributed by atoms with E-state index in [0.717, 1.165) is 0 Å². The summed E-state index contributed by atoms with van der Waals surface area (Å²) in [5.41, 5.74) is 0.135. The fourth-order valence-electron chi connectivity index (χ4n) is 2.27. The normalized spacial score (nSPS) is 11.1. The van der Waals surface area contributed by atoms with Crippen LogP contribution in [0.15, 0.2) is 40.1 Å². The van der Waals surface area contributed by atoms with Crippen molar-refractivity contribution in [2.45, 2.75) is 6.54 Å². The van der Waals surface area contributed by atoms with Crippen LogP contribution in [0.2, 0.25) is 0 Å². The van der Waals surface area contributed by atoms with Crippen molar-refractivity contribution in [3.05, 3.63) is 41.3 Å². The molecule has 11 heteroatoms. The molecule has 0 unspecified atom stereocenters. The second-order valence-corrected chi connectivity index (χ2v) is 6.10. The highest BCUT2D eigenvalue weighted by molar-refractivity contribution is 7.18. The van der Waals surface area contributed by atoms with Crippen molar-refractivity contribution in [3.8, 4) is 10.8 Å². The summed E-state index contributed by atoms with van der Waals surface area (Å²) < 4.78 is 7.94. The van der Waals surface area contributed by atoms with Crippen LogP contribution in [-0.4, -0.2) is 35.4 Å². The Morgan fingerprint density at radius 1 is 1.40 bits per heavy atom. The highest BCUT2D eigenvalue weighted by Gasteiger charge is 2.14. The lowest BCUT2D eigenvalue weighted by Gasteiger charge is -2.04. The molecule has 10 nitrogen and oxygen atoms in total. The Morgan fingerprint density at radius 2 is 2.28 bits per heavy atom. The van der Waals surface area contributed by atoms with Gasteiger partial charge < -0.3 is 4.42 Å². The van der Waals surface area contributed by atoms with Crippen LogP contribution in [0.5, 0.6) is 0 Å². The van der Waals surface area contributed by atoms with Crippen molar-refractivity contribution in [1.82, 2.24) is 29.5 Å². The smallest absolute Gasteiger partial charge is 0.264 e. The minimum Gasteiger partial charge on any atom is -0.462 e. The number of hydrogen-bond acceptors (Lipinski definition) is 8. The van der Waals surface area contributed by atoms with E-state index in [1.54, 1.807) is 19.2 Å². The highest BCUT2D eigenvalue weighted by atomic mass is 32.1. The maximum Gasteiger partial charge on any atom is 0.264 e. The number of carbonyl (C=O) groups is 1.